The van der Waals surface area contributed by atoms with Crippen molar-refractivity contribution in [2.24, 2.45) is 11.8 Å². The third kappa shape index (κ3) is 4.01. The number of hydrogen-bond donors (Lipinski definition) is 2. The molecule has 4 aliphatic carbocycles. The monoisotopic (exact) mass is 712 g/mol. The molecule has 12 heteroatoms. The molecule has 2 aromatic rings. The maximum atomic E-state index is 13.6. The van der Waals surface area contributed by atoms with Gasteiger partial charge in [0, 0.05) is 45.9 Å². The largest absolute Gasteiger partial charge is 0.493 e. The van der Waals surface area contributed by atoms with E-state index < -0.39 is 59.4 Å². The number of piperidine rings is 2. The minimum absolute atomic E-state index is 0.129. The molecule has 10 rings (SSSR count). The number of likely N-dealkylation sites (N-methyl/N-ethyl adjacent to an activating group) is 2. The number of aliphatic hydroxyl groups excluding tert-OH is 2. The van der Waals surface area contributed by atoms with Crippen LogP contribution in [0.3, 0.4) is 0 Å². The molecule has 12 atom stereocenters. The summed E-state index contributed by atoms with van der Waals surface area (Å²) in [5.41, 5.74) is 3.71. The highest BCUT2D eigenvalue weighted by atomic mass is 16.6. The molecule has 0 radical (unpaired) electrons. The molecule has 0 amide bonds. The SMILES string of the molecule is COc1ccc2c3c1O[C@H]1[C@@H](OC(=O)C(O)C(O)C(=O)O[C@H]4C=C[C@H]5[C@H]6Cc7ccc(OC)c8c7[C@@]5(CCN6C)[C@H]4O8)C=C[C@H]4[C@@H](C2)N(C)CC[C@@]341. The molecule has 52 heavy (non-hydrogen) atoms. The van der Waals surface area contributed by atoms with Crippen molar-refractivity contribution in [2.75, 3.05) is 41.4 Å². The number of methoxy groups -OCH3 is 2. The molecule has 2 fully saturated rings. The van der Waals surface area contributed by atoms with Gasteiger partial charge in [0.2, 0.25) is 0 Å². The van der Waals surface area contributed by atoms with Crippen LogP contribution in [0, 0.1) is 11.8 Å². The molecule has 4 bridgehead atoms. The van der Waals surface area contributed by atoms with Crippen LogP contribution in [0.25, 0.3) is 0 Å². The lowest BCUT2D eigenvalue weighted by Crippen LogP contribution is -2.65. The number of aliphatic hydroxyl groups is 2. The summed E-state index contributed by atoms with van der Waals surface area (Å²) in [7, 11) is 7.50. The highest BCUT2D eigenvalue weighted by Crippen LogP contribution is 2.64. The summed E-state index contributed by atoms with van der Waals surface area (Å²) in [5.74, 6) is 0.572. The first-order valence-electron chi connectivity index (χ1n) is 18.4. The molecular weight excluding hydrogens is 668 g/mol. The van der Waals surface area contributed by atoms with Crippen molar-refractivity contribution in [2.45, 2.75) is 85.2 Å². The van der Waals surface area contributed by atoms with Crippen molar-refractivity contribution in [3.63, 3.8) is 0 Å². The molecule has 0 saturated carbocycles. The summed E-state index contributed by atoms with van der Waals surface area (Å²) in [4.78, 5) is 31.9. The summed E-state index contributed by atoms with van der Waals surface area (Å²) in [6.45, 7) is 1.69. The molecule has 12 nitrogen and oxygen atoms in total. The van der Waals surface area contributed by atoms with E-state index in [4.69, 9.17) is 28.4 Å². The molecule has 4 aliphatic heterocycles. The molecule has 0 aromatic heterocycles. The smallest absolute Gasteiger partial charge is 0.339 e. The molecule has 4 heterocycles. The maximum Gasteiger partial charge on any atom is 0.339 e. The van der Waals surface area contributed by atoms with Crippen LogP contribution in [-0.2, 0) is 42.7 Å². The Kier molecular flexibility index (Phi) is 7.01. The van der Waals surface area contributed by atoms with E-state index in [0.29, 0.717) is 23.0 Å². The third-order valence-electron chi connectivity index (χ3n) is 14.0. The fourth-order valence-corrected chi connectivity index (χ4v) is 11.6. The van der Waals surface area contributed by atoms with Crippen LogP contribution < -0.4 is 18.9 Å². The van der Waals surface area contributed by atoms with E-state index in [0.717, 1.165) is 49.9 Å². The van der Waals surface area contributed by atoms with Crippen molar-refractivity contribution in [3.05, 3.63) is 70.8 Å². The minimum Gasteiger partial charge on any atom is -0.493 e. The Balaban J connectivity index is 0.889. The van der Waals surface area contributed by atoms with E-state index in [1.165, 1.54) is 11.1 Å². The van der Waals surface area contributed by atoms with E-state index in [1.54, 1.807) is 14.2 Å². The molecule has 2 N–H and O–H groups in total. The lowest BCUT2D eigenvalue weighted by molar-refractivity contribution is -0.183. The van der Waals surface area contributed by atoms with E-state index in [9.17, 15) is 19.8 Å². The summed E-state index contributed by atoms with van der Waals surface area (Å²) < 4.78 is 36.5. The first kappa shape index (κ1) is 32.5. The normalized spacial score (nSPS) is 37.9. The van der Waals surface area contributed by atoms with E-state index in [2.05, 4.69) is 48.2 Å². The quantitative estimate of drug-likeness (QED) is 0.321. The summed E-state index contributed by atoms with van der Waals surface area (Å²) in [6, 6.07) is 8.55. The van der Waals surface area contributed by atoms with Crippen molar-refractivity contribution >= 4 is 11.9 Å². The highest BCUT2D eigenvalue weighted by molar-refractivity contribution is 5.85. The molecule has 2 saturated heterocycles. The first-order valence-corrected chi connectivity index (χ1v) is 18.4. The number of hydrogen-bond acceptors (Lipinski definition) is 12. The average Bonchev–Trinajstić information content (AvgIpc) is 3.69. The standard InChI is InChI=1S/C40H44N2O10/c1-41-15-13-39-21-7-11-27(35(39)51-33-25(47-3)9-5-19(29(33)39)17-23(21)41)49-37(45)31(43)32(44)38(46)50-28-12-8-22-24-18-20-6-10-26(48-4)34-30(20)40(22,36(28)52-34)14-16-42(24)2/h5-12,21-24,27-28,31-32,35-36,43-44H,13-18H2,1-4H3/t21-,22-,23+,24+,27-,28-,31?,32?,35-,36-,39-,40-/m0/s1. The molecule has 2 unspecified atom stereocenters. The van der Waals surface area contributed by atoms with Crippen molar-refractivity contribution < 1.29 is 48.2 Å². The average molecular weight is 713 g/mol. The zero-order valence-corrected chi connectivity index (χ0v) is 29.7. The number of ether oxygens (including phenoxy) is 6. The van der Waals surface area contributed by atoms with Crippen LogP contribution in [0.1, 0.15) is 35.1 Å². The topological polar surface area (TPSA) is 136 Å². The second-order valence-corrected chi connectivity index (χ2v) is 15.9. The van der Waals surface area contributed by atoms with Crippen LogP contribution in [0.4, 0.5) is 0 Å². The zero-order chi connectivity index (χ0) is 35.8. The molecule has 2 spiro atoms. The third-order valence-corrected chi connectivity index (χ3v) is 14.0. The number of carbonyl (C=O) groups is 2. The Morgan fingerprint density at radius 2 is 1.13 bits per heavy atom. The number of nitrogens with zero attached hydrogens (tertiary/aromatic N) is 2. The van der Waals surface area contributed by atoms with Crippen LogP contribution in [0.2, 0.25) is 0 Å². The Bertz CT molecular complexity index is 1810. The summed E-state index contributed by atoms with van der Waals surface area (Å²) in [5, 5.41) is 22.2. The second kappa shape index (κ2) is 11.2. The van der Waals surface area contributed by atoms with Gasteiger partial charge in [0.15, 0.2) is 47.4 Å². The van der Waals surface area contributed by atoms with Gasteiger partial charge in [0.1, 0.15) is 12.2 Å². The Hall–Kier alpha value is -4.10. The predicted octanol–water partition coefficient (Wildman–Crippen LogP) is 1.84. The van der Waals surface area contributed by atoms with Crippen molar-refractivity contribution in [1.29, 1.82) is 0 Å². The molecule has 274 valence electrons. The van der Waals surface area contributed by atoms with Gasteiger partial charge in [0.25, 0.3) is 0 Å². The number of rotatable bonds is 7. The van der Waals surface area contributed by atoms with Gasteiger partial charge >= 0.3 is 11.9 Å². The lowest BCUT2D eigenvalue weighted by Gasteiger charge is -2.56. The summed E-state index contributed by atoms with van der Waals surface area (Å²) in [6.07, 6.45) is 3.91. The molecule has 2 aromatic carbocycles. The molecule has 8 aliphatic rings. The number of carbonyl (C=O) groups excluding carboxylic acids is 2. The van der Waals surface area contributed by atoms with Gasteiger partial charge in [-0.3, -0.25) is 0 Å². The van der Waals surface area contributed by atoms with Gasteiger partial charge in [-0.2, -0.15) is 0 Å². The molecular formula is C40H44N2O10. The zero-order valence-electron chi connectivity index (χ0n) is 29.7. The van der Waals surface area contributed by atoms with Gasteiger partial charge in [-0.15, -0.1) is 0 Å². The second-order valence-electron chi connectivity index (χ2n) is 15.9. The Morgan fingerprint density at radius 3 is 1.54 bits per heavy atom. The van der Waals surface area contributed by atoms with E-state index in [-0.39, 0.29) is 23.9 Å². The van der Waals surface area contributed by atoms with E-state index in [1.807, 2.05) is 24.3 Å². The Labute approximate surface area is 301 Å². The van der Waals surface area contributed by atoms with E-state index >= 15 is 0 Å². The fraction of sp³-hybridized carbons (Fsp3) is 0.550. The van der Waals surface area contributed by atoms with Crippen LogP contribution in [0.15, 0.2) is 48.6 Å². The summed E-state index contributed by atoms with van der Waals surface area (Å²) >= 11 is 0. The van der Waals surface area contributed by atoms with Crippen LogP contribution >= 0.6 is 0 Å². The van der Waals surface area contributed by atoms with Gasteiger partial charge in [0.05, 0.1) is 14.2 Å². The fourth-order valence-electron chi connectivity index (χ4n) is 11.6. The lowest BCUT2D eigenvalue weighted by atomic mass is 9.53. The van der Waals surface area contributed by atoms with Crippen molar-refractivity contribution in [3.8, 4) is 23.0 Å². The maximum absolute atomic E-state index is 13.6. The van der Waals surface area contributed by atoms with Crippen LogP contribution in [0.5, 0.6) is 23.0 Å². The van der Waals surface area contributed by atoms with Gasteiger partial charge in [-0.05, 0) is 88.3 Å². The first-order chi connectivity index (χ1) is 25.1. The highest BCUT2D eigenvalue weighted by Gasteiger charge is 2.67. The minimum atomic E-state index is -2.18. The predicted molar refractivity (Wildman–Crippen MR) is 185 cm³/mol. The van der Waals surface area contributed by atoms with Crippen molar-refractivity contribution in [1.82, 2.24) is 9.80 Å². The van der Waals surface area contributed by atoms with Gasteiger partial charge < -0.3 is 48.4 Å². The van der Waals surface area contributed by atoms with Gasteiger partial charge in [-0.25, -0.2) is 9.59 Å². The number of benzene rings is 2. The van der Waals surface area contributed by atoms with Crippen LogP contribution in [-0.4, -0.2) is 122 Å². The Morgan fingerprint density at radius 1 is 0.712 bits per heavy atom. The number of esters is 2. The number of likely N-dealkylation sites (tertiary alicyclic amines) is 2. The van der Waals surface area contributed by atoms with Gasteiger partial charge in [-0.1, -0.05) is 24.3 Å².